The first-order valence-corrected chi connectivity index (χ1v) is 6.91. The summed E-state index contributed by atoms with van der Waals surface area (Å²) < 4.78 is 39.1. The molecule has 0 unspecified atom stereocenters. The molecule has 8 heteroatoms. The lowest BCUT2D eigenvalue weighted by Gasteiger charge is -2.23. The van der Waals surface area contributed by atoms with Crippen LogP contribution < -0.4 is 5.32 Å². The summed E-state index contributed by atoms with van der Waals surface area (Å²) in [5.74, 6) is -0.700. The maximum Gasteiger partial charge on any atom is 0.453 e. The van der Waals surface area contributed by atoms with E-state index in [0.717, 1.165) is 17.4 Å². The summed E-state index contributed by atoms with van der Waals surface area (Å²) in [6.07, 6.45) is 0.0937. The number of hydrogen-bond acceptors (Lipinski definition) is 4. The second-order valence-corrected chi connectivity index (χ2v) is 5.88. The highest BCUT2D eigenvalue weighted by molar-refractivity contribution is 5.44. The zero-order chi connectivity index (χ0) is 15.1. The molecule has 1 aliphatic carbocycles. The molecule has 1 saturated carbocycles. The summed E-state index contributed by atoms with van der Waals surface area (Å²) in [6, 6.07) is 3.11. The monoisotopic (exact) mass is 299 g/mol. The molecule has 0 aliphatic heterocycles. The summed E-state index contributed by atoms with van der Waals surface area (Å²) >= 11 is 0. The van der Waals surface area contributed by atoms with E-state index < -0.39 is 12.0 Å². The van der Waals surface area contributed by atoms with Crippen LogP contribution in [0.4, 0.5) is 19.0 Å². The van der Waals surface area contributed by atoms with Crippen LogP contribution in [0.5, 0.6) is 0 Å². The van der Waals surface area contributed by atoms with Crippen molar-refractivity contribution in [2.45, 2.75) is 38.8 Å². The van der Waals surface area contributed by atoms with Crippen LogP contribution in [0.3, 0.4) is 0 Å². The van der Waals surface area contributed by atoms with Crippen molar-refractivity contribution in [3.63, 3.8) is 0 Å². The molecule has 1 fully saturated rings. The van der Waals surface area contributed by atoms with Crippen LogP contribution in [0.1, 0.15) is 38.4 Å². The summed E-state index contributed by atoms with van der Waals surface area (Å²) in [6.45, 7) is 2.89. The highest BCUT2D eigenvalue weighted by atomic mass is 19.4. The third-order valence-electron chi connectivity index (χ3n) is 4.02. The highest BCUT2D eigenvalue weighted by Gasteiger charge is 2.37. The second-order valence-electron chi connectivity index (χ2n) is 5.88. The van der Waals surface area contributed by atoms with E-state index in [1.165, 1.54) is 18.9 Å². The predicted octanol–water partition coefficient (Wildman–Crippen LogP) is 3.14. The number of halogens is 3. The Hall–Kier alpha value is -1.86. The number of alkyl halides is 3. The molecule has 0 atom stereocenters. The molecule has 3 rings (SSSR count). The number of nitrogens with one attached hydrogen (secondary N) is 1. The van der Waals surface area contributed by atoms with E-state index in [0.29, 0.717) is 12.4 Å². The molecular weight excluding hydrogens is 283 g/mol. The Balaban J connectivity index is 1.83. The molecular formula is C13H16F3N5. The van der Waals surface area contributed by atoms with Crippen LogP contribution in [0, 0.1) is 5.41 Å². The van der Waals surface area contributed by atoms with Gasteiger partial charge in [-0.3, -0.25) is 0 Å². The molecule has 0 amide bonds. The van der Waals surface area contributed by atoms with E-state index in [4.69, 9.17) is 0 Å². The zero-order valence-electron chi connectivity index (χ0n) is 11.6. The minimum Gasteiger partial charge on any atom is -0.368 e. The Morgan fingerprint density at radius 1 is 1.24 bits per heavy atom. The van der Waals surface area contributed by atoms with Crippen LogP contribution in [0.15, 0.2) is 12.1 Å². The van der Waals surface area contributed by atoms with Crippen molar-refractivity contribution in [2.75, 3.05) is 11.9 Å². The van der Waals surface area contributed by atoms with Crippen LogP contribution >= 0.6 is 0 Å². The van der Waals surface area contributed by atoms with E-state index in [2.05, 4.69) is 27.5 Å². The first-order chi connectivity index (χ1) is 9.87. The van der Waals surface area contributed by atoms with Crippen molar-refractivity contribution in [1.82, 2.24) is 19.8 Å². The Morgan fingerprint density at radius 3 is 2.62 bits per heavy atom. The van der Waals surface area contributed by atoms with Gasteiger partial charge < -0.3 is 5.32 Å². The fourth-order valence-electron chi connectivity index (χ4n) is 2.77. The SMILES string of the molecule is CC1(CNc2ccc3nnc(C(F)(F)F)n3n2)CCCC1. The smallest absolute Gasteiger partial charge is 0.368 e. The molecule has 2 aromatic rings. The van der Waals surface area contributed by atoms with Gasteiger partial charge in [0.15, 0.2) is 5.65 Å². The van der Waals surface area contributed by atoms with Gasteiger partial charge in [0.05, 0.1) is 0 Å². The van der Waals surface area contributed by atoms with Gasteiger partial charge in [0, 0.05) is 6.54 Å². The predicted molar refractivity (Wildman–Crippen MR) is 70.8 cm³/mol. The number of fused-ring (bicyclic) bond motifs is 1. The second kappa shape index (κ2) is 4.85. The third-order valence-corrected chi connectivity index (χ3v) is 4.02. The standard InChI is InChI=1S/C13H16F3N5/c1-12(6-2-3-7-12)8-17-9-4-5-10-18-19-11(13(14,15)16)21(10)20-9/h4-5H,2-3,6-8H2,1H3,(H,17,20). The van der Waals surface area contributed by atoms with Crippen LogP contribution in [0.25, 0.3) is 5.65 Å². The molecule has 2 aromatic heterocycles. The molecule has 0 radical (unpaired) electrons. The van der Waals surface area contributed by atoms with Crippen molar-refractivity contribution < 1.29 is 13.2 Å². The van der Waals surface area contributed by atoms with Gasteiger partial charge in [0.2, 0.25) is 0 Å². The molecule has 21 heavy (non-hydrogen) atoms. The molecule has 1 aliphatic rings. The van der Waals surface area contributed by atoms with E-state index in [1.807, 2.05) is 0 Å². The topological polar surface area (TPSA) is 55.1 Å². The lowest BCUT2D eigenvalue weighted by atomic mass is 9.89. The highest BCUT2D eigenvalue weighted by Crippen LogP contribution is 2.37. The van der Waals surface area contributed by atoms with Crippen LogP contribution in [-0.4, -0.2) is 26.4 Å². The minimum atomic E-state index is -4.57. The molecule has 2 heterocycles. The van der Waals surface area contributed by atoms with Gasteiger partial charge in [0.1, 0.15) is 5.82 Å². The lowest BCUT2D eigenvalue weighted by Crippen LogP contribution is -2.23. The summed E-state index contributed by atoms with van der Waals surface area (Å²) in [5, 5.41) is 13.7. The lowest BCUT2D eigenvalue weighted by molar-refractivity contribution is -0.146. The number of hydrogen-bond donors (Lipinski definition) is 1. The number of rotatable bonds is 3. The maximum absolute atomic E-state index is 12.8. The van der Waals surface area contributed by atoms with Crippen molar-refractivity contribution in [3.05, 3.63) is 18.0 Å². The normalized spacial score (nSPS) is 18.3. The van der Waals surface area contributed by atoms with Gasteiger partial charge in [-0.1, -0.05) is 19.8 Å². The molecule has 0 aromatic carbocycles. The Kier molecular flexibility index (Phi) is 3.26. The number of aromatic nitrogens is 4. The first-order valence-electron chi connectivity index (χ1n) is 6.91. The third kappa shape index (κ3) is 2.79. The minimum absolute atomic E-state index is 0.0833. The fourth-order valence-corrected chi connectivity index (χ4v) is 2.77. The molecule has 114 valence electrons. The molecule has 0 bridgehead atoms. The van der Waals surface area contributed by atoms with Gasteiger partial charge >= 0.3 is 6.18 Å². The van der Waals surface area contributed by atoms with Crippen molar-refractivity contribution >= 4 is 11.5 Å². The summed E-state index contributed by atoms with van der Waals surface area (Å²) in [7, 11) is 0. The van der Waals surface area contributed by atoms with E-state index in [-0.39, 0.29) is 11.1 Å². The summed E-state index contributed by atoms with van der Waals surface area (Å²) in [4.78, 5) is 0. The average molecular weight is 299 g/mol. The fraction of sp³-hybridized carbons (Fsp3) is 0.615. The number of anilines is 1. The van der Waals surface area contributed by atoms with Gasteiger partial charge in [-0.15, -0.1) is 15.3 Å². The van der Waals surface area contributed by atoms with E-state index >= 15 is 0 Å². The zero-order valence-corrected chi connectivity index (χ0v) is 11.6. The quantitative estimate of drug-likeness (QED) is 0.946. The Morgan fingerprint density at radius 2 is 1.95 bits per heavy atom. The average Bonchev–Trinajstić information content (AvgIpc) is 3.02. The van der Waals surface area contributed by atoms with Gasteiger partial charge in [-0.25, -0.2) is 0 Å². The number of nitrogens with zero attached hydrogens (tertiary/aromatic N) is 4. The first kappa shape index (κ1) is 14.1. The molecule has 1 N–H and O–H groups in total. The summed E-state index contributed by atoms with van der Waals surface area (Å²) in [5.41, 5.74) is 0.274. The van der Waals surface area contributed by atoms with Crippen LogP contribution in [0.2, 0.25) is 0 Å². The van der Waals surface area contributed by atoms with E-state index in [1.54, 1.807) is 6.07 Å². The van der Waals surface area contributed by atoms with Crippen molar-refractivity contribution in [1.29, 1.82) is 0 Å². The van der Waals surface area contributed by atoms with Crippen LogP contribution in [-0.2, 0) is 6.18 Å². The van der Waals surface area contributed by atoms with Crippen molar-refractivity contribution in [3.8, 4) is 0 Å². The van der Waals surface area contributed by atoms with Crippen molar-refractivity contribution in [2.24, 2.45) is 5.41 Å². The van der Waals surface area contributed by atoms with Gasteiger partial charge in [0.25, 0.3) is 5.82 Å². The van der Waals surface area contributed by atoms with Gasteiger partial charge in [-0.2, -0.15) is 17.7 Å². The largest absolute Gasteiger partial charge is 0.453 e. The Bertz CT molecular complexity index is 643. The van der Waals surface area contributed by atoms with E-state index in [9.17, 15) is 13.2 Å². The molecule has 0 saturated heterocycles. The van der Waals surface area contributed by atoms with Gasteiger partial charge in [-0.05, 0) is 30.4 Å². The maximum atomic E-state index is 12.8. The Labute approximate surface area is 119 Å². The molecule has 0 spiro atoms. The molecule has 5 nitrogen and oxygen atoms in total.